The Labute approximate surface area is 160 Å². The molecule has 140 valence electrons. The van der Waals surface area contributed by atoms with Crippen LogP contribution in [0.2, 0.25) is 0 Å². The van der Waals surface area contributed by atoms with E-state index in [0.29, 0.717) is 6.04 Å². The molecule has 2 heterocycles. The monoisotopic (exact) mass is 361 g/mol. The number of anilines is 1. The minimum atomic E-state index is 0.525. The van der Waals surface area contributed by atoms with Gasteiger partial charge >= 0.3 is 0 Å². The fourth-order valence-electron chi connectivity index (χ4n) is 3.94. The molecule has 1 N–H and O–H groups in total. The van der Waals surface area contributed by atoms with Gasteiger partial charge in [-0.3, -0.25) is 4.40 Å². The van der Waals surface area contributed by atoms with E-state index in [9.17, 15) is 0 Å². The van der Waals surface area contributed by atoms with Crippen molar-refractivity contribution in [2.75, 3.05) is 12.4 Å². The van der Waals surface area contributed by atoms with Crippen LogP contribution in [-0.4, -0.2) is 22.5 Å². The number of hydrogen-bond acceptors (Lipinski definition) is 3. The van der Waals surface area contributed by atoms with E-state index in [0.717, 1.165) is 28.5 Å². The second kappa shape index (κ2) is 7.87. The second-order valence-electron chi connectivity index (χ2n) is 7.26. The highest BCUT2D eigenvalue weighted by Crippen LogP contribution is 2.28. The van der Waals surface area contributed by atoms with Gasteiger partial charge < -0.3 is 10.1 Å². The Morgan fingerprint density at radius 1 is 1.04 bits per heavy atom. The maximum Gasteiger partial charge on any atom is 0.139 e. The first kappa shape index (κ1) is 17.7. The van der Waals surface area contributed by atoms with E-state index < -0.39 is 0 Å². The smallest absolute Gasteiger partial charge is 0.139 e. The lowest BCUT2D eigenvalue weighted by atomic mass is 9.95. The van der Waals surface area contributed by atoms with Crippen molar-refractivity contribution < 1.29 is 4.74 Å². The number of hydrogen-bond donors (Lipinski definition) is 1. The number of aryl methyl sites for hydroxylation is 1. The Morgan fingerprint density at radius 3 is 2.67 bits per heavy atom. The van der Waals surface area contributed by atoms with Gasteiger partial charge in [0.2, 0.25) is 0 Å². The van der Waals surface area contributed by atoms with E-state index in [-0.39, 0.29) is 0 Å². The average molecular weight is 361 g/mol. The number of methoxy groups -OCH3 is 1. The summed E-state index contributed by atoms with van der Waals surface area (Å²) in [6, 6.07) is 14.8. The van der Waals surface area contributed by atoms with Crippen molar-refractivity contribution in [1.82, 2.24) is 9.38 Å². The average Bonchev–Trinajstić information content (AvgIpc) is 3.06. The third kappa shape index (κ3) is 3.70. The van der Waals surface area contributed by atoms with E-state index >= 15 is 0 Å². The van der Waals surface area contributed by atoms with Crippen LogP contribution < -0.4 is 10.1 Å². The van der Waals surface area contributed by atoms with Gasteiger partial charge in [-0.2, -0.15) is 0 Å². The molecule has 4 heteroatoms. The maximum atomic E-state index is 5.47. The molecule has 0 amide bonds. The van der Waals surface area contributed by atoms with Gasteiger partial charge in [0, 0.05) is 17.3 Å². The summed E-state index contributed by atoms with van der Waals surface area (Å²) in [4.78, 5) is 4.88. The number of aromatic nitrogens is 2. The van der Waals surface area contributed by atoms with Crippen molar-refractivity contribution in [3.8, 4) is 5.75 Å². The first-order chi connectivity index (χ1) is 13.3. The normalized spacial score (nSPS) is 15.5. The van der Waals surface area contributed by atoms with Crippen molar-refractivity contribution in [3.05, 3.63) is 59.4 Å². The molecule has 1 fully saturated rings. The second-order valence-corrected chi connectivity index (χ2v) is 7.26. The van der Waals surface area contributed by atoms with Gasteiger partial charge in [-0.25, -0.2) is 4.98 Å². The molecule has 0 saturated heterocycles. The highest BCUT2D eigenvalue weighted by molar-refractivity contribution is 5.78. The SMILES string of the molecule is COc1ccccc1/C=C/c1nc2cccc(C)n2c1NC1CCCCC1. The Bertz CT molecular complexity index is 951. The van der Waals surface area contributed by atoms with Crippen LogP contribution in [0.25, 0.3) is 17.8 Å². The van der Waals surface area contributed by atoms with Gasteiger partial charge in [0.1, 0.15) is 22.9 Å². The lowest BCUT2D eigenvalue weighted by Gasteiger charge is -2.24. The van der Waals surface area contributed by atoms with E-state index in [1.54, 1.807) is 7.11 Å². The molecule has 0 aliphatic heterocycles. The minimum Gasteiger partial charge on any atom is -0.496 e. The molecule has 1 saturated carbocycles. The van der Waals surface area contributed by atoms with Crippen LogP contribution in [0, 0.1) is 6.92 Å². The number of ether oxygens (including phenoxy) is 1. The standard InChI is InChI=1S/C23H27N3O/c1-17-9-8-14-22-25-20(16-15-18-10-6-7-13-21(18)27-2)23(26(17)22)24-19-11-4-3-5-12-19/h6-10,13-16,19,24H,3-5,11-12H2,1-2H3/b16-15+. The minimum absolute atomic E-state index is 0.525. The molecule has 1 aromatic carbocycles. The summed E-state index contributed by atoms with van der Waals surface area (Å²) < 4.78 is 7.70. The molecule has 0 unspecified atom stereocenters. The van der Waals surface area contributed by atoms with Crippen molar-refractivity contribution in [1.29, 1.82) is 0 Å². The zero-order valence-electron chi connectivity index (χ0n) is 16.1. The van der Waals surface area contributed by atoms with Crippen LogP contribution in [0.3, 0.4) is 0 Å². The summed E-state index contributed by atoms with van der Waals surface area (Å²) in [7, 11) is 1.71. The summed E-state index contributed by atoms with van der Waals surface area (Å²) in [6.07, 6.45) is 10.6. The molecule has 0 atom stereocenters. The number of pyridine rings is 1. The molecule has 4 nitrogen and oxygen atoms in total. The summed E-state index contributed by atoms with van der Waals surface area (Å²) in [5.41, 5.74) is 4.20. The van der Waals surface area contributed by atoms with Crippen molar-refractivity contribution in [2.45, 2.75) is 45.1 Å². The Balaban J connectivity index is 1.73. The molecule has 0 spiro atoms. The van der Waals surface area contributed by atoms with Gasteiger partial charge in [-0.05, 0) is 50.1 Å². The number of imidazole rings is 1. The Hall–Kier alpha value is -2.75. The number of fused-ring (bicyclic) bond motifs is 1. The third-order valence-corrected chi connectivity index (χ3v) is 5.37. The zero-order valence-corrected chi connectivity index (χ0v) is 16.1. The van der Waals surface area contributed by atoms with Crippen LogP contribution in [0.5, 0.6) is 5.75 Å². The first-order valence-electron chi connectivity index (χ1n) is 9.82. The predicted molar refractivity (Wildman–Crippen MR) is 112 cm³/mol. The summed E-state index contributed by atoms with van der Waals surface area (Å²) in [5, 5.41) is 3.80. The maximum absolute atomic E-state index is 5.47. The van der Waals surface area contributed by atoms with Crippen LogP contribution in [0.4, 0.5) is 5.82 Å². The Morgan fingerprint density at radius 2 is 1.85 bits per heavy atom. The lowest BCUT2D eigenvalue weighted by molar-refractivity contribution is 0.414. The molecule has 3 aromatic rings. The summed E-state index contributed by atoms with van der Waals surface area (Å²) >= 11 is 0. The van der Waals surface area contributed by atoms with E-state index in [2.05, 4.69) is 53.1 Å². The summed E-state index contributed by atoms with van der Waals surface area (Å²) in [6.45, 7) is 2.13. The third-order valence-electron chi connectivity index (χ3n) is 5.37. The van der Waals surface area contributed by atoms with Gasteiger partial charge in [0.25, 0.3) is 0 Å². The molecular weight excluding hydrogens is 334 g/mol. The van der Waals surface area contributed by atoms with Gasteiger partial charge in [0.05, 0.1) is 7.11 Å². The van der Waals surface area contributed by atoms with Crippen molar-refractivity contribution in [3.63, 3.8) is 0 Å². The highest BCUT2D eigenvalue weighted by atomic mass is 16.5. The van der Waals surface area contributed by atoms with Crippen LogP contribution in [0.15, 0.2) is 42.5 Å². The molecule has 0 radical (unpaired) electrons. The molecular formula is C23H27N3O. The first-order valence-corrected chi connectivity index (χ1v) is 9.82. The fourth-order valence-corrected chi connectivity index (χ4v) is 3.94. The van der Waals surface area contributed by atoms with Crippen molar-refractivity contribution >= 4 is 23.6 Å². The van der Waals surface area contributed by atoms with E-state index in [1.165, 1.54) is 37.8 Å². The van der Waals surface area contributed by atoms with Crippen molar-refractivity contribution in [2.24, 2.45) is 0 Å². The molecule has 4 rings (SSSR count). The predicted octanol–water partition coefficient (Wildman–Crippen LogP) is 5.57. The molecule has 2 aromatic heterocycles. The highest BCUT2D eigenvalue weighted by Gasteiger charge is 2.18. The fraction of sp³-hybridized carbons (Fsp3) is 0.348. The zero-order chi connectivity index (χ0) is 18.6. The number of nitrogens with zero attached hydrogens (tertiary/aromatic N) is 2. The van der Waals surface area contributed by atoms with Crippen LogP contribution in [0.1, 0.15) is 49.1 Å². The molecule has 0 bridgehead atoms. The van der Waals surface area contributed by atoms with E-state index in [4.69, 9.17) is 9.72 Å². The quantitative estimate of drug-likeness (QED) is 0.646. The van der Waals surface area contributed by atoms with Gasteiger partial charge in [-0.15, -0.1) is 0 Å². The van der Waals surface area contributed by atoms with Crippen LogP contribution >= 0.6 is 0 Å². The van der Waals surface area contributed by atoms with Crippen LogP contribution in [-0.2, 0) is 0 Å². The number of para-hydroxylation sites is 1. The topological polar surface area (TPSA) is 38.6 Å². The van der Waals surface area contributed by atoms with E-state index in [1.807, 2.05) is 18.2 Å². The molecule has 27 heavy (non-hydrogen) atoms. The van der Waals surface area contributed by atoms with Gasteiger partial charge in [-0.1, -0.05) is 43.5 Å². The summed E-state index contributed by atoms with van der Waals surface area (Å²) in [5.74, 6) is 1.97. The molecule has 1 aliphatic carbocycles. The Kier molecular flexibility index (Phi) is 5.14. The molecule has 1 aliphatic rings. The lowest BCUT2D eigenvalue weighted by Crippen LogP contribution is -2.23. The number of nitrogens with one attached hydrogen (secondary N) is 1. The number of benzene rings is 1. The number of rotatable bonds is 5. The van der Waals surface area contributed by atoms with Gasteiger partial charge in [0.15, 0.2) is 0 Å². The largest absolute Gasteiger partial charge is 0.496 e.